The van der Waals surface area contributed by atoms with Gasteiger partial charge in [0.2, 0.25) is 5.91 Å². The summed E-state index contributed by atoms with van der Waals surface area (Å²) in [4.78, 5) is 29.7. The molecule has 0 saturated heterocycles. The van der Waals surface area contributed by atoms with E-state index in [0.717, 1.165) is 50.0 Å². The van der Waals surface area contributed by atoms with Gasteiger partial charge in [-0.2, -0.15) is 5.10 Å². The highest BCUT2D eigenvalue weighted by molar-refractivity contribution is 6.42. The zero-order valence-corrected chi connectivity index (χ0v) is 19.1. The lowest BCUT2D eigenvalue weighted by Crippen LogP contribution is -2.38. The van der Waals surface area contributed by atoms with Crippen LogP contribution in [0.2, 0.25) is 10.0 Å². The van der Waals surface area contributed by atoms with E-state index >= 15 is 0 Å². The molecule has 0 spiro atoms. The topological polar surface area (TPSA) is 63.4 Å². The van der Waals surface area contributed by atoms with E-state index < -0.39 is 0 Å². The number of aryl methyl sites for hydroxylation is 1. The number of hydrogen-bond acceptors (Lipinski definition) is 4. The van der Waals surface area contributed by atoms with Crippen LogP contribution in [0.25, 0.3) is 0 Å². The second-order valence-corrected chi connectivity index (χ2v) is 8.85. The molecule has 1 amide bonds. The summed E-state index contributed by atoms with van der Waals surface area (Å²) in [6.45, 7) is 2.48. The molecule has 0 saturated carbocycles. The number of amides is 1. The van der Waals surface area contributed by atoms with Crippen molar-refractivity contribution in [2.75, 3.05) is 27.2 Å². The molecular weight excluding hydrogens is 425 g/mol. The van der Waals surface area contributed by atoms with Crippen molar-refractivity contribution >= 4 is 29.1 Å². The van der Waals surface area contributed by atoms with Crippen LogP contribution in [0.4, 0.5) is 0 Å². The summed E-state index contributed by atoms with van der Waals surface area (Å²) < 4.78 is 3.03. The lowest BCUT2D eigenvalue weighted by Gasteiger charge is -2.24. The molecule has 1 aromatic carbocycles. The summed E-state index contributed by atoms with van der Waals surface area (Å²) in [6, 6.07) is 5.38. The Labute approximate surface area is 187 Å². The van der Waals surface area contributed by atoms with E-state index in [1.165, 1.54) is 4.68 Å². The largest absolute Gasteiger partial charge is 0.346 e. The van der Waals surface area contributed by atoms with Gasteiger partial charge < -0.3 is 9.80 Å². The first-order valence-electron chi connectivity index (χ1n) is 10.4. The summed E-state index contributed by atoms with van der Waals surface area (Å²) in [6.07, 6.45) is 4.71. The minimum atomic E-state index is -0.192. The number of carbonyl (C=O) groups is 1. The van der Waals surface area contributed by atoms with Gasteiger partial charge in [0.05, 0.1) is 10.0 Å². The predicted molar refractivity (Wildman–Crippen MR) is 119 cm³/mol. The van der Waals surface area contributed by atoms with Crippen molar-refractivity contribution in [3.05, 3.63) is 50.1 Å². The van der Waals surface area contributed by atoms with Crippen molar-refractivity contribution in [1.29, 1.82) is 0 Å². The second kappa shape index (κ2) is 10.5. The van der Waals surface area contributed by atoms with Crippen LogP contribution in [-0.2, 0) is 30.8 Å². The third kappa shape index (κ3) is 5.86. The molecule has 0 unspecified atom stereocenters. The molecule has 9 heteroatoms. The van der Waals surface area contributed by atoms with E-state index in [9.17, 15) is 9.59 Å². The Bertz CT molecular complexity index is 938. The molecule has 164 valence electrons. The van der Waals surface area contributed by atoms with Gasteiger partial charge in [-0.05, 0) is 57.6 Å². The second-order valence-electron chi connectivity index (χ2n) is 8.04. The third-order valence-corrected chi connectivity index (χ3v) is 6.05. The maximum Gasteiger partial charge on any atom is 0.346 e. The van der Waals surface area contributed by atoms with Gasteiger partial charge in [-0.25, -0.2) is 9.48 Å². The molecule has 0 bridgehead atoms. The van der Waals surface area contributed by atoms with E-state index in [-0.39, 0.29) is 18.1 Å². The monoisotopic (exact) mass is 453 g/mol. The molecule has 0 N–H and O–H groups in total. The van der Waals surface area contributed by atoms with Gasteiger partial charge in [-0.3, -0.25) is 9.36 Å². The van der Waals surface area contributed by atoms with E-state index in [2.05, 4.69) is 10.00 Å². The summed E-state index contributed by atoms with van der Waals surface area (Å²) in [5, 5.41) is 5.39. The molecule has 2 heterocycles. The highest BCUT2D eigenvalue weighted by Crippen LogP contribution is 2.23. The fourth-order valence-electron chi connectivity index (χ4n) is 3.68. The molecule has 1 aliphatic rings. The molecular formula is C21H29Cl2N5O2. The van der Waals surface area contributed by atoms with Crippen molar-refractivity contribution in [1.82, 2.24) is 24.1 Å². The van der Waals surface area contributed by atoms with Gasteiger partial charge in [0.25, 0.3) is 0 Å². The van der Waals surface area contributed by atoms with E-state index in [4.69, 9.17) is 23.2 Å². The number of halogens is 2. The van der Waals surface area contributed by atoms with Gasteiger partial charge in [0.1, 0.15) is 12.4 Å². The zero-order chi connectivity index (χ0) is 21.7. The lowest BCUT2D eigenvalue weighted by molar-refractivity contribution is -0.132. The first-order valence-corrected chi connectivity index (χ1v) is 11.1. The van der Waals surface area contributed by atoms with Crippen LogP contribution in [-0.4, -0.2) is 57.2 Å². The average Bonchev–Trinajstić information content (AvgIpc) is 2.85. The van der Waals surface area contributed by atoms with Crippen LogP contribution in [0.3, 0.4) is 0 Å². The minimum Gasteiger partial charge on any atom is -0.337 e. The Morgan fingerprint density at radius 1 is 1.13 bits per heavy atom. The molecule has 0 fully saturated rings. The third-order valence-electron chi connectivity index (χ3n) is 5.31. The summed E-state index contributed by atoms with van der Waals surface area (Å²) in [7, 11) is 4.01. The summed E-state index contributed by atoms with van der Waals surface area (Å²) >= 11 is 12.2. The summed E-state index contributed by atoms with van der Waals surface area (Å²) in [5.74, 6) is 0.657. The summed E-state index contributed by atoms with van der Waals surface area (Å²) in [5.41, 5.74) is 0.707. The quantitative estimate of drug-likeness (QED) is 0.615. The molecule has 0 atom stereocenters. The Morgan fingerprint density at radius 3 is 2.67 bits per heavy atom. The van der Waals surface area contributed by atoms with Crippen molar-refractivity contribution in [2.45, 2.75) is 51.7 Å². The number of nitrogens with zero attached hydrogens (tertiary/aromatic N) is 5. The highest BCUT2D eigenvalue weighted by Gasteiger charge is 2.20. The van der Waals surface area contributed by atoms with Crippen molar-refractivity contribution in [3.8, 4) is 0 Å². The molecule has 30 heavy (non-hydrogen) atoms. The van der Waals surface area contributed by atoms with Crippen LogP contribution >= 0.6 is 23.2 Å². The normalized spacial score (nSPS) is 13.9. The Morgan fingerprint density at radius 2 is 1.93 bits per heavy atom. The number of rotatable bonds is 8. The molecule has 0 radical (unpaired) electrons. The number of fused-ring (bicyclic) bond motifs is 1. The smallest absolute Gasteiger partial charge is 0.337 e. The number of carbonyl (C=O) groups excluding carboxylic acids is 1. The number of aromatic nitrogens is 3. The minimum absolute atomic E-state index is 0.0535. The Kier molecular flexibility index (Phi) is 7.97. The maximum absolute atomic E-state index is 13.1. The molecule has 2 aromatic rings. The van der Waals surface area contributed by atoms with Crippen molar-refractivity contribution in [3.63, 3.8) is 0 Å². The van der Waals surface area contributed by atoms with E-state index in [1.807, 2.05) is 20.2 Å². The standard InChI is InChI=1S/C21H29Cl2N5O2/c1-25(2)10-6-11-26(14-16-8-9-17(22)18(23)13-16)20(29)15-28-21(30)27-12-5-3-4-7-19(27)24-28/h8-9,13H,3-7,10-12,14-15H2,1-2H3. The van der Waals surface area contributed by atoms with Gasteiger partial charge in [0, 0.05) is 26.1 Å². The molecule has 1 aliphatic heterocycles. The van der Waals surface area contributed by atoms with Gasteiger partial charge in [0.15, 0.2) is 0 Å². The first kappa shape index (κ1) is 22.8. The first-order chi connectivity index (χ1) is 14.3. The Hall–Kier alpha value is -1.83. The van der Waals surface area contributed by atoms with E-state index in [1.54, 1.807) is 21.6 Å². The van der Waals surface area contributed by atoms with E-state index in [0.29, 0.717) is 29.7 Å². The number of hydrogen-bond donors (Lipinski definition) is 0. The molecule has 3 rings (SSSR count). The van der Waals surface area contributed by atoms with Crippen LogP contribution in [0.5, 0.6) is 0 Å². The van der Waals surface area contributed by atoms with Gasteiger partial charge >= 0.3 is 5.69 Å². The Balaban J connectivity index is 1.75. The molecule has 7 nitrogen and oxygen atoms in total. The SMILES string of the molecule is CN(C)CCCN(Cc1ccc(Cl)c(Cl)c1)C(=O)Cn1nc2n(c1=O)CCCCC2. The van der Waals surface area contributed by atoms with Crippen LogP contribution in [0.15, 0.2) is 23.0 Å². The maximum atomic E-state index is 13.1. The average molecular weight is 454 g/mol. The fraction of sp³-hybridized carbons (Fsp3) is 0.571. The molecule has 1 aromatic heterocycles. The zero-order valence-electron chi connectivity index (χ0n) is 17.6. The van der Waals surface area contributed by atoms with Gasteiger partial charge in [-0.15, -0.1) is 0 Å². The predicted octanol–water partition coefficient (Wildman–Crippen LogP) is 3.06. The van der Waals surface area contributed by atoms with Crippen LogP contribution in [0.1, 0.15) is 37.1 Å². The lowest BCUT2D eigenvalue weighted by atomic mass is 10.2. The highest BCUT2D eigenvalue weighted by atomic mass is 35.5. The van der Waals surface area contributed by atoms with Crippen molar-refractivity contribution < 1.29 is 4.79 Å². The van der Waals surface area contributed by atoms with Crippen molar-refractivity contribution in [2.24, 2.45) is 0 Å². The molecule has 0 aliphatic carbocycles. The van der Waals surface area contributed by atoms with Crippen LogP contribution < -0.4 is 5.69 Å². The van der Waals surface area contributed by atoms with Gasteiger partial charge in [-0.1, -0.05) is 35.7 Å². The number of benzene rings is 1. The van der Waals surface area contributed by atoms with Crippen LogP contribution in [0, 0.1) is 0 Å². The fourth-order valence-corrected chi connectivity index (χ4v) is 4.01.